The number of halogens is 1. The minimum Gasteiger partial charge on any atom is -0.378 e. The first-order chi connectivity index (χ1) is 10.7. The third kappa shape index (κ3) is 3.58. The molecule has 0 spiro atoms. The molecule has 2 aromatic carbocycles. The van der Waals surface area contributed by atoms with Crippen molar-refractivity contribution in [1.29, 1.82) is 0 Å². The van der Waals surface area contributed by atoms with Crippen molar-refractivity contribution in [2.75, 3.05) is 5.32 Å². The summed E-state index contributed by atoms with van der Waals surface area (Å²) in [6, 6.07) is 18.5. The quantitative estimate of drug-likeness (QED) is 0.797. The zero-order chi connectivity index (χ0) is 15.4. The van der Waals surface area contributed by atoms with Gasteiger partial charge in [0.25, 0.3) is 0 Å². The third-order valence-corrected chi connectivity index (χ3v) is 4.86. The van der Waals surface area contributed by atoms with Gasteiger partial charge in [-0.15, -0.1) is 0 Å². The zero-order valence-electron chi connectivity index (χ0n) is 12.5. The minimum atomic E-state index is 0.0447. The summed E-state index contributed by atoms with van der Waals surface area (Å²) >= 11 is 3.48. The van der Waals surface area contributed by atoms with Gasteiger partial charge >= 0.3 is 0 Å². The van der Waals surface area contributed by atoms with Crippen molar-refractivity contribution in [2.24, 2.45) is 5.92 Å². The SMILES string of the molecule is O=C1CCCC[C@H]1[C@@H](Nc1ccccc1)c1ccc(Br)cc1. The first-order valence-electron chi connectivity index (χ1n) is 7.84. The van der Waals surface area contributed by atoms with Gasteiger partial charge in [0.15, 0.2) is 0 Å². The Hall–Kier alpha value is -1.61. The molecule has 1 saturated carbocycles. The Morgan fingerprint density at radius 3 is 2.41 bits per heavy atom. The van der Waals surface area contributed by atoms with E-state index < -0.39 is 0 Å². The summed E-state index contributed by atoms with van der Waals surface area (Å²) in [5.74, 6) is 0.456. The van der Waals surface area contributed by atoms with Crippen LogP contribution < -0.4 is 5.32 Å². The Balaban J connectivity index is 1.90. The van der Waals surface area contributed by atoms with Gasteiger partial charge in [0, 0.05) is 22.5 Å². The summed E-state index contributed by atoms with van der Waals surface area (Å²) in [4.78, 5) is 12.4. The van der Waals surface area contributed by atoms with Crippen LogP contribution >= 0.6 is 15.9 Å². The van der Waals surface area contributed by atoms with Gasteiger partial charge in [0.2, 0.25) is 0 Å². The Morgan fingerprint density at radius 1 is 1.00 bits per heavy atom. The molecule has 1 fully saturated rings. The number of hydrogen-bond acceptors (Lipinski definition) is 2. The second-order valence-corrected chi connectivity index (χ2v) is 6.77. The number of carbonyl (C=O) groups excluding carboxylic acids is 1. The first-order valence-corrected chi connectivity index (χ1v) is 8.63. The maximum Gasteiger partial charge on any atom is 0.138 e. The van der Waals surface area contributed by atoms with Gasteiger partial charge in [-0.05, 0) is 42.7 Å². The lowest BCUT2D eigenvalue weighted by molar-refractivity contribution is -0.125. The van der Waals surface area contributed by atoms with Crippen molar-refractivity contribution in [1.82, 2.24) is 0 Å². The van der Waals surface area contributed by atoms with Crippen molar-refractivity contribution in [3.05, 3.63) is 64.6 Å². The van der Waals surface area contributed by atoms with Gasteiger partial charge in [-0.3, -0.25) is 4.79 Å². The van der Waals surface area contributed by atoms with Gasteiger partial charge in [-0.2, -0.15) is 0 Å². The van der Waals surface area contributed by atoms with Gasteiger partial charge < -0.3 is 5.32 Å². The van der Waals surface area contributed by atoms with E-state index in [-0.39, 0.29) is 12.0 Å². The van der Waals surface area contributed by atoms with Crippen LogP contribution in [0.4, 0.5) is 5.69 Å². The molecular formula is C19H20BrNO. The van der Waals surface area contributed by atoms with Crippen LogP contribution in [0, 0.1) is 5.92 Å². The van der Waals surface area contributed by atoms with Crippen LogP contribution in [-0.2, 0) is 4.79 Å². The molecular weight excluding hydrogens is 338 g/mol. The fraction of sp³-hybridized carbons (Fsp3) is 0.316. The van der Waals surface area contributed by atoms with E-state index in [1.807, 2.05) is 30.3 Å². The number of ketones is 1. The van der Waals surface area contributed by atoms with Gasteiger partial charge in [0.05, 0.1) is 6.04 Å². The van der Waals surface area contributed by atoms with Crippen molar-refractivity contribution < 1.29 is 4.79 Å². The molecule has 0 radical (unpaired) electrons. The number of anilines is 1. The highest BCUT2D eigenvalue weighted by Gasteiger charge is 2.31. The molecule has 3 heteroatoms. The van der Waals surface area contributed by atoms with Crippen LogP contribution in [0.1, 0.15) is 37.3 Å². The van der Waals surface area contributed by atoms with E-state index in [0.717, 1.165) is 29.4 Å². The molecule has 0 aromatic heterocycles. The lowest BCUT2D eigenvalue weighted by Crippen LogP contribution is -2.30. The minimum absolute atomic E-state index is 0.0447. The molecule has 1 N–H and O–H groups in total. The first kappa shape index (κ1) is 15.3. The van der Waals surface area contributed by atoms with E-state index in [1.165, 1.54) is 5.56 Å². The average Bonchev–Trinajstić information content (AvgIpc) is 2.55. The monoisotopic (exact) mass is 357 g/mol. The average molecular weight is 358 g/mol. The highest BCUT2D eigenvalue weighted by atomic mass is 79.9. The fourth-order valence-electron chi connectivity index (χ4n) is 3.16. The van der Waals surface area contributed by atoms with Crippen LogP contribution in [-0.4, -0.2) is 5.78 Å². The topological polar surface area (TPSA) is 29.1 Å². The summed E-state index contributed by atoms with van der Waals surface area (Å²) in [7, 11) is 0. The van der Waals surface area contributed by atoms with E-state index in [1.54, 1.807) is 0 Å². The lowest BCUT2D eigenvalue weighted by Gasteiger charge is -2.31. The summed E-state index contributed by atoms with van der Waals surface area (Å²) in [5, 5.41) is 3.58. The second kappa shape index (κ2) is 7.10. The number of carbonyl (C=O) groups is 1. The third-order valence-electron chi connectivity index (χ3n) is 4.33. The molecule has 1 aliphatic rings. The summed E-state index contributed by atoms with van der Waals surface area (Å²) in [5.41, 5.74) is 2.24. The van der Waals surface area contributed by atoms with Crippen LogP contribution in [0.15, 0.2) is 59.1 Å². The number of hydrogen-bond donors (Lipinski definition) is 1. The normalized spacial score (nSPS) is 19.7. The van der Waals surface area contributed by atoms with E-state index in [2.05, 4.69) is 45.5 Å². The van der Waals surface area contributed by atoms with Crippen LogP contribution in [0.3, 0.4) is 0 Å². The summed E-state index contributed by atoms with van der Waals surface area (Å²) in [6.07, 6.45) is 3.86. The molecule has 3 rings (SSSR count). The van der Waals surface area contributed by atoms with Crippen LogP contribution in [0.2, 0.25) is 0 Å². The van der Waals surface area contributed by atoms with Gasteiger partial charge in [0.1, 0.15) is 5.78 Å². The Morgan fingerprint density at radius 2 is 1.73 bits per heavy atom. The molecule has 0 amide bonds. The number of benzene rings is 2. The molecule has 2 aromatic rings. The molecule has 0 unspecified atom stereocenters. The van der Waals surface area contributed by atoms with Crippen LogP contribution in [0.5, 0.6) is 0 Å². The van der Waals surface area contributed by atoms with Crippen molar-refractivity contribution in [3.63, 3.8) is 0 Å². The maximum absolute atomic E-state index is 12.4. The predicted octanol–water partition coefficient (Wildman–Crippen LogP) is 5.36. The molecule has 2 nitrogen and oxygen atoms in total. The van der Waals surface area contributed by atoms with Crippen LogP contribution in [0.25, 0.3) is 0 Å². The predicted molar refractivity (Wildman–Crippen MR) is 93.9 cm³/mol. The highest BCUT2D eigenvalue weighted by molar-refractivity contribution is 9.10. The molecule has 22 heavy (non-hydrogen) atoms. The summed E-state index contributed by atoms with van der Waals surface area (Å²) in [6.45, 7) is 0. The molecule has 0 bridgehead atoms. The number of nitrogens with one attached hydrogen (secondary N) is 1. The smallest absolute Gasteiger partial charge is 0.138 e. The van der Waals surface area contributed by atoms with E-state index in [4.69, 9.17) is 0 Å². The standard InChI is InChI=1S/C19H20BrNO/c20-15-12-10-14(11-13-15)19(17-8-4-5-9-18(17)22)21-16-6-2-1-3-7-16/h1-3,6-7,10-13,17,19,21H,4-5,8-9H2/t17-,19+/m1/s1. The highest BCUT2D eigenvalue weighted by Crippen LogP contribution is 2.35. The van der Waals surface area contributed by atoms with Crippen molar-refractivity contribution in [3.8, 4) is 0 Å². The molecule has 0 saturated heterocycles. The number of Topliss-reactive ketones (excluding diaryl/α,β-unsaturated/α-hetero) is 1. The second-order valence-electron chi connectivity index (χ2n) is 5.86. The van der Waals surface area contributed by atoms with E-state index in [9.17, 15) is 4.79 Å². The fourth-order valence-corrected chi connectivity index (χ4v) is 3.43. The van der Waals surface area contributed by atoms with Gasteiger partial charge in [-0.1, -0.05) is 52.7 Å². The number of rotatable bonds is 4. The number of para-hydroxylation sites is 1. The zero-order valence-corrected chi connectivity index (χ0v) is 14.1. The Kier molecular flexibility index (Phi) is 4.94. The molecule has 2 atom stereocenters. The van der Waals surface area contributed by atoms with Crippen molar-refractivity contribution in [2.45, 2.75) is 31.7 Å². The molecule has 0 heterocycles. The molecule has 0 aliphatic heterocycles. The molecule has 1 aliphatic carbocycles. The van der Waals surface area contributed by atoms with E-state index in [0.29, 0.717) is 12.2 Å². The Bertz CT molecular complexity index is 624. The van der Waals surface area contributed by atoms with Crippen molar-refractivity contribution >= 4 is 27.4 Å². The van der Waals surface area contributed by atoms with Gasteiger partial charge in [-0.25, -0.2) is 0 Å². The molecule has 114 valence electrons. The maximum atomic E-state index is 12.4. The largest absolute Gasteiger partial charge is 0.378 e. The van der Waals surface area contributed by atoms with E-state index >= 15 is 0 Å². The summed E-state index contributed by atoms with van der Waals surface area (Å²) < 4.78 is 1.06. The lowest BCUT2D eigenvalue weighted by atomic mass is 9.80. The Labute approximate surface area is 140 Å².